The van der Waals surface area contributed by atoms with Crippen LogP contribution in [0, 0.1) is 5.92 Å². The SMILES string of the molecule is CC(C)/C(N)=N/OC(C)N1CCCCC1. The van der Waals surface area contributed by atoms with Crippen LogP contribution < -0.4 is 5.73 Å². The number of nitrogens with zero attached hydrogens (tertiary/aromatic N) is 2. The van der Waals surface area contributed by atoms with E-state index in [4.69, 9.17) is 10.6 Å². The van der Waals surface area contributed by atoms with E-state index < -0.39 is 0 Å². The molecule has 0 amide bonds. The number of piperidine rings is 1. The highest BCUT2D eigenvalue weighted by atomic mass is 16.6. The Morgan fingerprint density at radius 3 is 2.33 bits per heavy atom. The Labute approximate surface area is 92.4 Å². The topological polar surface area (TPSA) is 50.9 Å². The molecule has 1 heterocycles. The van der Waals surface area contributed by atoms with Gasteiger partial charge < -0.3 is 10.6 Å². The van der Waals surface area contributed by atoms with Crippen LogP contribution in [0.15, 0.2) is 5.16 Å². The van der Waals surface area contributed by atoms with Gasteiger partial charge in [0.05, 0.1) is 0 Å². The van der Waals surface area contributed by atoms with Crippen LogP contribution >= 0.6 is 0 Å². The predicted octanol–water partition coefficient (Wildman–Crippen LogP) is 1.76. The molecule has 1 saturated heterocycles. The summed E-state index contributed by atoms with van der Waals surface area (Å²) in [4.78, 5) is 7.70. The highest BCUT2D eigenvalue weighted by Crippen LogP contribution is 2.12. The summed E-state index contributed by atoms with van der Waals surface area (Å²) in [5.41, 5.74) is 5.70. The molecule has 1 atom stereocenters. The van der Waals surface area contributed by atoms with Gasteiger partial charge in [0.2, 0.25) is 0 Å². The van der Waals surface area contributed by atoms with Crippen LogP contribution in [0.4, 0.5) is 0 Å². The van der Waals surface area contributed by atoms with Crippen LogP contribution in [0.25, 0.3) is 0 Å². The quantitative estimate of drug-likeness (QED) is 0.440. The monoisotopic (exact) mass is 213 g/mol. The van der Waals surface area contributed by atoms with Crippen molar-refractivity contribution < 1.29 is 4.84 Å². The number of nitrogens with two attached hydrogens (primary N) is 1. The van der Waals surface area contributed by atoms with Crippen LogP contribution in [0.3, 0.4) is 0 Å². The number of hydrogen-bond acceptors (Lipinski definition) is 3. The third kappa shape index (κ3) is 4.08. The zero-order valence-corrected chi connectivity index (χ0v) is 10.1. The van der Waals surface area contributed by atoms with Gasteiger partial charge >= 0.3 is 0 Å². The smallest absolute Gasteiger partial charge is 0.178 e. The fraction of sp³-hybridized carbons (Fsp3) is 0.909. The van der Waals surface area contributed by atoms with Gasteiger partial charge in [-0.1, -0.05) is 25.4 Å². The number of likely N-dealkylation sites (tertiary alicyclic amines) is 1. The van der Waals surface area contributed by atoms with E-state index in [1.165, 1.54) is 19.3 Å². The summed E-state index contributed by atoms with van der Waals surface area (Å²) in [6.07, 6.45) is 3.90. The molecule has 2 N–H and O–H groups in total. The maximum Gasteiger partial charge on any atom is 0.178 e. The fourth-order valence-electron chi connectivity index (χ4n) is 1.59. The third-order valence-electron chi connectivity index (χ3n) is 2.81. The Morgan fingerprint density at radius 1 is 1.20 bits per heavy atom. The standard InChI is InChI=1S/C11H23N3O/c1-9(2)11(12)13-15-10(3)14-7-5-4-6-8-14/h9-10H,4-8H2,1-3H3,(H2,12,13). The number of hydrogen-bond donors (Lipinski definition) is 1. The van der Waals surface area contributed by atoms with E-state index >= 15 is 0 Å². The summed E-state index contributed by atoms with van der Waals surface area (Å²) >= 11 is 0. The Hall–Kier alpha value is -0.770. The largest absolute Gasteiger partial charge is 0.384 e. The Balaban J connectivity index is 2.34. The zero-order valence-electron chi connectivity index (χ0n) is 10.1. The van der Waals surface area contributed by atoms with Crippen molar-refractivity contribution in [3.05, 3.63) is 0 Å². The lowest BCUT2D eigenvalue weighted by Gasteiger charge is -2.30. The van der Waals surface area contributed by atoms with Crippen molar-refractivity contribution in [1.29, 1.82) is 0 Å². The molecule has 0 saturated carbocycles. The van der Waals surface area contributed by atoms with E-state index in [1.807, 2.05) is 20.8 Å². The van der Waals surface area contributed by atoms with E-state index in [-0.39, 0.29) is 12.1 Å². The van der Waals surface area contributed by atoms with Gasteiger partial charge in [0.15, 0.2) is 6.23 Å². The molecule has 4 nitrogen and oxygen atoms in total. The van der Waals surface area contributed by atoms with Crippen LogP contribution in [0.5, 0.6) is 0 Å². The second-order valence-electron chi connectivity index (χ2n) is 4.47. The second kappa shape index (κ2) is 5.95. The van der Waals surface area contributed by atoms with Crippen LogP contribution in [0.1, 0.15) is 40.0 Å². The van der Waals surface area contributed by atoms with E-state index in [2.05, 4.69) is 10.1 Å². The molecule has 15 heavy (non-hydrogen) atoms. The van der Waals surface area contributed by atoms with Gasteiger partial charge in [0.25, 0.3) is 0 Å². The molecule has 0 aliphatic carbocycles. The summed E-state index contributed by atoms with van der Waals surface area (Å²) in [6, 6.07) is 0. The molecular formula is C11H23N3O. The number of amidine groups is 1. The van der Waals surface area contributed by atoms with E-state index in [9.17, 15) is 0 Å². The van der Waals surface area contributed by atoms with Crippen molar-refractivity contribution in [3.63, 3.8) is 0 Å². The highest BCUT2D eigenvalue weighted by Gasteiger charge is 2.17. The van der Waals surface area contributed by atoms with Gasteiger partial charge in [-0.2, -0.15) is 0 Å². The van der Waals surface area contributed by atoms with Crippen LogP contribution in [-0.4, -0.2) is 30.1 Å². The summed E-state index contributed by atoms with van der Waals surface area (Å²) in [6.45, 7) is 8.26. The first-order chi connectivity index (χ1) is 7.11. The fourth-order valence-corrected chi connectivity index (χ4v) is 1.59. The minimum Gasteiger partial charge on any atom is -0.384 e. The number of rotatable bonds is 4. The molecule has 1 unspecified atom stereocenters. The zero-order chi connectivity index (χ0) is 11.3. The lowest BCUT2D eigenvalue weighted by molar-refractivity contribution is -0.0536. The maximum atomic E-state index is 5.70. The molecule has 0 aromatic carbocycles. The van der Waals surface area contributed by atoms with Gasteiger partial charge in [0, 0.05) is 19.0 Å². The summed E-state index contributed by atoms with van der Waals surface area (Å²) < 4.78 is 0. The third-order valence-corrected chi connectivity index (χ3v) is 2.81. The predicted molar refractivity (Wildman–Crippen MR) is 62.4 cm³/mol. The summed E-state index contributed by atoms with van der Waals surface area (Å²) in [7, 11) is 0. The highest BCUT2D eigenvalue weighted by molar-refractivity contribution is 5.81. The summed E-state index contributed by atoms with van der Waals surface area (Å²) in [5.74, 6) is 0.817. The molecule has 4 heteroatoms. The van der Waals surface area contributed by atoms with Crippen molar-refractivity contribution in [3.8, 4) is 0 Å². The molecule has 1 rings (SSSR count). The van der Waals surface area contributed by atoms with Gasteiger partial charge in [0.1, 0.15) is 5.84 Å². The van der Waals surface area contributed by atoms with Crippen molar-refractivity contribution in [2.75, 3.05) is 13.1 Å². The Bertz CT molecular complexity index is 210. The van der Waals surface area contributed by atoms with E-state index in [0.717, 1.165) is 13.1 Å². The minimum absolute atomic E-state index is 0.0441. The molecule has 0 aromatic heterocycles. The minimum atomic E-state index is 0.0441. The van der Waals surface area contributed by atoms with Gasteiger partial charge in [-0.05, 0) is 19.8 Å². The van der Waals surface area contributed by atoms with E-state index in [0.29, 0.717) is 5.84 Å². The lowest BCUT2D eigenvalue weighted by Crippen LogP contribution is -2.38. The summed E-state index contributed by atoms with van der Waals surface area (Å²) in [5, 5.41) is 3.95. The first kappa shape index (κ1) is 12.3. The molecule has 1 fully saturated rings. The van der Waals surface area contributed by atoms with Gasteiger partial charge in [-0.25, -0.2) is 0 Å². The molecule has 0 aromatic rings. The molecule has 1 aliphatic heterocycles. The van der Waals surface area contributed by atoms with Crippen molar-refractivity contribution in [2.24, 2.45) is 16.8 Å². The van der Waals surface area contributed by atoms with Crippen LogP contribution in [0.2, 0.25) is 0 Å². The first-order valence-electron chi connectivity index (χ1n) is 5.84. The first-order valence-corrected chi connectivity index (χ1v) is 5.84. The van der Waals surface area contributed by atoms with Gasteiger partial charge in [-0.15, -0.1) is 0 Å². The van der Waals surface area contributed by atoms with Crippen LogP contribution in [-0.2, 0) is 4.84 Å². The van der Waals surface area contributed by atoms with Crippen molar-refractivity contribution in [1.82, 2.24) is 4.90 Å². The maximum absolute atomic E-state index is 5.70. The second-order valence-corrected chi connectivity index (χ2v) is 4.47. The molecular weight excluding hydrogens is 190 g/mol. The van der Waals surface area contributed by atoms with Crippen molar-refractivity contribution >= 4 is 5.84 Å². The lowest BCUT2D eigenvalue weighted by atomic mass is 10.1. The average Bonchev–Trinajstić information content (AvgIpc) is 2.26. The van der Waals surface area contributed by atoms with Crippen molar-refractivity contribution in [2.45, 2.75) is 46.3 Å². The average molecular weight is 213 g/mol. The van der Waals surface area contributed by atoms with Gasteiger partial charge in [-0.3, -0.25) is 4.90 Å². The normalized spacial score (nSPS) is 21.7. The molecule has 0 radical (unpaired) electrons. The molecule has 0 bridgehead atoms. The molecule has 1 aliphatic rings. The Morgan fingerprint density at radius 2 is 1.80 bits per heavy atom. The molecule has 0 spiro atoms. The Kier molecular flexibility index (Phi) is 4.88. The molecule has 88 valence electrons. The number of oxime groups is 1. The van der Waals surface area contributed by atoms with E-state index in [1.54, 1.807) is 0 Å².